The van der Waals surface area contributed by atoms with E-state index in [9.17, 15) is 0 Å². The van der Waals surface area contributed by atoms with Gasteiger partial charge in [0.2, 0.25) is 5.95 Å². The van der Waals surface area contributed by atoms with Crippen molar-refractivity contribution in [2.75, 3.05) is 25.0 Å². The fourth-order valence-corrected chi connectivity index (χ4v) is 2.62. The van der Waals surface area contributed by atoms with E-state index < -0.39 is 0 Å². The highest BCUT2D eigenvalue weighted by Crippen LogP contribution is 2.16. The van der Waals surface area contributed by atoms with Crippen LogP contribution in [0.5, 0.6) is 0 Å². The zero-order valence-electron chi connectivity index (χ0n) is 11.3. The molecule has 1 aromatic carbocycles. The third kappa shape index (κ3) is 2.84. The van der Waals surface area contributed by atoms with Gasteiger partial charge in [-0.1, -0.05) is 25.1 Å². The summed E-state index contributed by atoms with van der Waals surface area (Å²) in [6.07, 6.45) is 4.24. The highest BCUT2D eigenvalue weighted by atomic mass is 15.2. The van der Waals surface area contributed by atoms with Crippen LogP contribution in [0.3, 0.4) is 0 Å². The van der Waals surface area contributed by atoms with Crippen molar-refractivity contribution < 1.29 is 0 Å². The molecule has 1 fully saturated rings. The zero-order valence-corrected chi connectivity index (χ0v) is 11.3. The number of hydrogen-bond donors (Lipinski definition) is 1. The molecule has 0 bridgehead atoms. The second-order valence-corrected chi connectivity index (χ2v) is 5.11. The van der Waals surface area contributed by atoms with E-state index in [1.54, 1.807) is 0 Å². The van der Waals surface area contributed by atoms with E-state index in [2.05, 4.69) is 27.1 Å². The summed E-state index contributed by atoms with van der Waals surface area (Å²) in [6.45, 7) is 5.71. The molecule has 0 spiro atoms. The summed E-state index contributed by atoms with van der Waals surface area (Å²) in [5, 5.41) is 4.56. The molecular weight excluding hydrogens is 236 g/mol. The normalized spacial score (nSPS) is 17.7. The molecule has 100 valence electrons. The molecule has 0 unspecified atom stereocenters. The predicted molar refractivity (Wildman–Crippen MR) is 78.3 cm³/mol. The van der Waals surface area contributed by atoms with E-state index in [0.717, 1.165) is 23.4 Å². The van der Waals surface area contributed by atoms with E-state index in [4.69, 9.17) is 0 Å². The molecule has 0 saturated carbocycles. The molecule has 4 heteroatoms. The van der Waals surface area contributed by atoms with E-state index in [-0.39, 0.29) is 0 Å². The van der Waals surface area contributed by atoms with Gasteiger partial charge in [0.25, 0.3) is 0 Å². The summed E-state index contributed by atoms with van der Waals surface area (Å²) in [6, 6.07) is 8.60. The minimum absolute atomic E-state index is 0.504. The molecule has 1 saturated heterocycles. The second kappa shape index (κ2) is 5.53. The molecule has 1 N–H and O–H groups in total. The summed E-state index contributed by atoms with van der Waals surface area (Å²) >= 11 is 0. The smallest absolute Gasteiger partial charge is 0.223 e. The van der Waals surface area contributed by atoms with Gasteiger partial charge in [-0.3, -0.25) is 0 Å². The Morgan fingerprint density at radius 2 is 2.05 bits per heavy atom. The first-order valence-electron chi connectivity index (χ1n) is 7.06. The summed E-state index contributed by atoms with van der Waals surface area (Å²) < 4.78 is 0. The van der Waals surface area contributed by atoms with Gasteiger partial charge in [0.1, 0.15) is 0 Å². The fraction of sp³-hybridized carbons (Fsp3) is 0.467. The first-order chi connectivity index (χ1) is 9.35. The minimum atomic E-state index is 0.504. The Labute approximate surface area is 113 Å². The van der Waals surface area contributed by atoms with Gasteiger partial charge in [-0.05, 0) is 25.5 Å². The van der Waals surface area contributed by atoms with Gasteiger partial charge in [0, 0.05) is 30.7 Å². The maximum Gasteiger partial charge on any atom is 0.223 e. The Morgan fingerprint density at radius 1 is 1.26 bits per heavy atom. The average molecular weight is 256 g/mol. The standard InChI is InChI=1S/C15H20N4/c1-2-19-9-7-13(8-10-19)17-15-16-11-12-5-3-4-6-14(12)18-15/h3-6,11,13H,2,7-10H2,1H3,(H,16,17,18). The van der Waals surface area contributed by atoms with Gasteiger partial charge in [-0.25, -0.2) is 9.97 Å². The van der Waals surface area contributed by atoms with Crippen LogP contribution < -0.4 is 5.32 Å². The quantitative estimate of drug-likeness (QED) is 0.916. The summed E-state index contributed by atoms with van der Waals surface area (Å²) in [5.74, 6) is 0.758. The number of aromatic nitrogens is 2. The second-order valence-electron chi connectivity index (χ2n) is 5.11. The number of rotatable bonds is 3. The molecule has 2 aromatic rings. The molecule has 2 heterocycles. The molecule has 4 nitrogen and oxygen atoms in total. The molecule has 0 radical (unpaired) electrons. The number of hydrogen-bond acceptors (Lipinski definition) is 4. The van der Waals surface area contributed by atoms with Crippen LogP contribution in [0.25, 0.3) is 10.9 Å². The summed E-state index contributed by atoms with van der Waals surface area (Å²) in [7, 11) is 0. The van der Waals surface area contributed by atoms with Gasteiger partial charge < -0.3 is 10.2 Å². The third-order valence-corrected chi connectivity index (χ3v) is 3.86. The van der Waals surface area contributed by atoms with Crippen molar-refractivity contribution >= 4 is 16.9 Å². The van der Waals surface area contributed by atoms with Crippen molar-refractivity contribution in [1.82, 2.24) is 14.9 Å². The van der Waals surface area contributed by atoms with Crippen molar-refractivity contribution in [3.05, 3.63) is 30.5 Å². The number of para-hydroxylation sites is 1. The van der Waals surface area contributed by atoms with E-state index >= 15 is 0 Å². The minimum Gasteiger partial charge on any atom is -0.351 e. The Kier molecular flexibility index (Phi) is 3.60. The van der Waals surface area contributed by atoms with Crippen LogP contribution in [0.15, 0.2) is 30.5 Å². The molecule has 0 amide bonds. The topological polar surface area (TPSA) is 41.0 Å². The van der Waals surface area contributed by atoms with Gasteiger partial charge in [-0.2, -0.15) is 0 Å². The lowest BCUT2D eigenvalue weighted by atomic mass is 10.1. The first-order valence-corrected chi connectivity index (χ1v) is 7.06. The Hall–Kier alpha value is -1.68. The maximum atomic E-state index is 4.57. The highest BCUT2D eigenvalue weighted by molar-refractivity contribution is 5.78. The number of benzene rings is 1. The molecule has 0 atom stereocenters. The van der Waals surface area contributed by atoms with Gasteiger partial charge in [0.15, 0.2) is 0 Å². The van der Waals surface area contributed by atoms with Crippen LogP contribution >= 0.6 is 0 Å². The van der Waals surface area contributed by atoms with E-state index in [0.29, 0.717) is 6.04 Å². The molecular formula is C15H20N4. The van der Waals surface area contributed by atoms with Crippen molar-refractivity contribution in [3.8, 4) is 0 Å². The zero-order chi connectivity index (χ0) is 13.1. The van der Waals surface area contributed by atoms with Crippen molar-refractivity contribution in [2.24, 2.45) is 0 Å². The summed E-state index contributed by atoms with van der Waals surface area (Å²) in [5.41, 5.74) is 1.01. The molecule has 1 aromatic heterocycles. The van der Waals surface area contributed by atoms with Crippen LogP contribution in [0, 0.1) is 0 Å². The predicted octanol–water partition coefficient (Wildman–Crippen LogP) is 2.53. The number of likely N-dealkylation sites (tertiary alicyclic amines) is 1. The lowest BCUT2D eigenvalue weighted by molar-refractivity contribution is 0.229. The van der Waals surface area contributed by atoms with Gasteiger partial charge >= 0.3 is 0 Å². The maximum absolute atomic E-state index is 4.57. The highest BCUT2D eigenvalue weighted by Gasteiger charge is 2.18. The molecule has 1 aliphatic heterocycles. The third-order valence-electron chi connectivity index (χ3n) is 3.86. The Balaban J connectivity index is 1.68. The summed E-state index contributed by atoms with van der Waals surface area (Å²) in [4.78, 5) is 11.5. The number of nitrogens with zero attached hydrogens (tertiary/aromatic N) is 3. The molecule has 3 rings (SSSR count). The lowest BCUT2D eigenvalue weighted by Crippen LogP contribution is -2.39. The van der Waals surface area contributed by atoms with Crippen LogP contribution in [0.2, 0.25) is 0 Å². The fourth-order valence-electron chi connectivity index (χ4n) is 2.62. The van der Waals surface area contributed by atoms with Crippen molar-refractivity contribution in [2.45, 2.75) is 25.8 Å². The van der Waals surface area contributed by atoms with Gasteiger partial charge in [-0.15, -0.1) is 0 Å². The SMILES string of the molecule is CCN1CCC(Nc2ncc3ccccc3n2)CC1. The molecule has 19 heavy (non-hydrogen) atoms. The monoisotopic (exact) mass is 256 g/mol. The number of anilines is 1. The van der Waals surface area contributed by atoms with E-state index in [1.807, 2.05) is 30.5 Å². The van der Waals surface area contributed by atoms with Crippen molar-refractivity contribution in [3.63, 3.8) is 0 Å². The Bertz CT molecular complexity index is 547. The van der Waals surface area contributed by atoms with Crippen LogP contribution in [0.4, 0.5) is 5.95 Å². The molecule has 0 aliphatic carbocycles. The number of nitrogens with one attached hydrogen (secondary N) is 1. The molecule has 1 aliphatic rings. The average Bonchev–Trinajstić information content (AvgIpc) is 2.48. The van der Waals surface area contributed by atoms with E-state index in [1.165, 1.54) is 25.9 Å². The van der Waals surface area contributed by atoms with Gasteiger partial charge in [0.05, 0.1) is 5.52 Å². The number of piperidine rings is 1. The first kappa shape index (κ1) is 12.4. The van der Waals surface area contributed by atoms with Crippen LogP contribution in [0.1, 0.15) is 19.8 Å². The van der Waals surface area contributed by atoms with Crippen LogP contribution in [-0.4, -0.2) is 40.5 Å². The van der Waals surface area contributed by atoms with Crippen LogP contribution in [-0.2, 0) is 0 Å². The lowest BCUT2D eigenvalue weighted by Gasteiger charge is -2.31. The van der Waals surface area contributed by atoms with Crippen molar-refractivity contribution in [1.29, 1.82) is 0 Å². The number of fused-ring (bicyclic) bond motifs is 1. The Morgan fingerprint density at radius 3 is 2.84 bits per heavy atom. The largest absolute Gasteiger partial charge is 0.351 e.